The zero-order valence-corrected chi connectivity index (χ0v) is 25.3. The normalized spacial score (nSPS) is 28.8. The average Bonchev–Trinajstić information content (AvgIpc) is 3.41. The number of carboxylic acid groups (broad SMARTS) is 1. The highest BCUT2D eigenvalue weighted by atomic mass is 32.2. The van der Waals surface area contributed by atoms with E-state index in [2.05, 4.69) is 10.6 Å². The monoisotopic (exact) mass is 555 g/mol. The standard InChI is InChI=1S/C28H49N3O6S/c1-18(2)16-19-12-15-31(20(19)24(32)33)23-21(37-23)22(26(3,4)5)29-25(34)30-28(13-10-9-11-14-28)17-38(35,36)27(6,7)8/h16,19-23H,9-15,17H2,1-8H3,(H,32,33)(H2,29,30,34). The van der Waals surface area contributed by atoms with Crippen molar-refractivity contribution in [2.45, 2.75) is 129 Å². The molecule has 0 spiro atoms. The van der Waals surface area contributed by atoms with Crippen LogP contribution in [0.4, 0.5) is 4.79 Å². The first-order valence-electron chi connectivity index (χ1n) is 14.0. The quantitative estimate of drug-likeness (QED) is 0.304. The van der Waals surface area contributed by atoms with Crippen molar-refractivity contribution in [1.82, 2.24) is 15.5 Å². The molecule has 2 amide bonds. The lowest BCUT2D eigenvalue weighted by Gasteiger charge is -2.40. The highest BCUT2D eigenvalue weighted by Crippen LogP contribution is 2.41. The molecule has 3 rings (SSSR count). The Kier molecular flexibility index (Phi) is 9.01. The van der Waals surface area contributed by atoms with Gasteiger partial charge in [-0.15, -0.1) is 0 Å². The first-order chi connectivity index (χ1) is 17.4. The lowest BCUT2D eigenvalue weighted by Crippen LogP contribution is -2.61. The summed E-state index contributed by atoms with van der Waals surface area (Å²) in [4.78, 5) is 27.5. The number of carbonyl (C=O) groups excluding carboxylic acids is 1. The van der Waals surface area contributed by atoms with Gasteiger partial charge in [0.1, 0.15) is 18.4 Å². The summed E-state index contributed by atoms with van der Waals surface area (Å²) in [6.07, 6.45) is 6.04. The van der Waals surface area contributed by atoms with Crippen LogP contribution in [0.15, 0.2) is 11.6 Å². The van der Waals surface area contributed by atoms with Crippen molar-refractivity contribution < 1.29 is 27.9 Å². The molecule has 218 valence electrons. The van der Waals surface area contributed by atoms with Crippen LogP contribution in [0, 0.1) is 11.3 Å². The van der Waals surface area contributed by atoms with E-state index in [0.717, 1.165) is 31.3 Å². The van der Waals surface area contributed by atoms with E-state index >= 15 is 0 Å². The van der Waals surface area contributed by atoms with E-state index in [1.807, 2.05) is 45.6 Å². The fourth-order valence-electron chi connectivity index (χ4n) is 6.00. The van der Waals surface area contributed by atoms with E-state index in [1.54, 1.807) is 20.8 Å². The molecule has 5 unspecified atom stereocenters. The summed E-state index contributed by atoms with van der Waals surface area (Å²) in [6.45, 7) is 15.7. The Morgan fingerprint density at radius 1 is 1.11 bits per heavy atom. The Labute approximate surface area is 229 Å². The first kappa shape index (κ1) is 30.9. The van der Waals surface area contributed by atoms with Gasteiger partial charge in [-0.3, -0.25) is 9.69 Å². The number of amides is 2. The Morgan fingerprint density at radius 3 is 2.21 bits per heavy atom. The van der Waals surface area contributed by atoms with Crippen LogP contribution in [0.2, 0.25) is 0 Å². The molecule has 0 radical (unpaired) electrons. The van der Waals surface area contributed by atoms with Gasteiger partial charge in [0.25, 0.3) is 0 Å². The van der Waals surface area contributed by atoms with E-state index in [9.17, 15) is 23.1 Å². The van der Waals surface area contributed by atoms with Crippen molar-refractivity contribution in [3.05, 3.63) is 11.6 Å². The van der Waals surface area contributed by atoms with Gasteiger partial charge in [0, 0.05) is 12.5 Å². The molecule has 5 atom stereocenters. The van der Waals surface area contributed by atoms with Crippen LogP contribution < -0.4 is 10.6 Å². The molecular weight excluding hydrogens is 506 g/mol. The van der Waals surface area contributed by atoms with E-state index in [1.165, 1.54) is 0 Å². The SMILES string of the molecule is CC(C)=CC1CCN(C2OC2C(NC(=O)NC2(CS(=O)(=O)C(C)(C)C)CCCCC2)C(C)(C)C)C1C(=O)O. The van der Waals surface area contributed by atoms with E-state index in [0.29, 0.717) is 19.4 Å². The highest BCUT2D eigenvalue weighted by molar-refractivity contribution is 7.92. The smallest absolute Gasteiger partial charge is 0.321 e. The van der Waals surface area contributed by atoms with Crippen molar-refractivity contribution >= 4 is 21.8 Å². The highest BCUT2D eigenvalue weighted by Gasteiger charge is 2.57. The van der Waals surface area contributed by atoms with Gasteiger partial charge in [-0.2, -0.15) is 0 Å². The minimum Gasteiger partial charge on any atom is -0.480 e. The molecule has 3 aliphatic rings. The number of urea groups is 1. The Balaban J connectivity index is 1.75. The zero-order chi connectivity index (χ0) is 28.7. The number of likely N-dealkylation sites (tertiary alicyclic amines) is 1. The summed E-state index contributed by atoms with van der Waals surface area (Å²) in [5.41, 5.74) is -0.0831. The van der Waals surface area contributed by atoms with Crippen LogP contribution in [-0.2, 0) is 19.4 Å². The van der Waals surface area contributed by atoms with Gasteiger partial charge in [0.15, 0.2) is 9.84 Å². The topological polar surface area (TPSA) is 128 Å². The number of hydrogen-bond donors (Lipinski definition) is 3. The van der Waals surface area contributed by atoms with Crippen LogP contribution in [0.1, 0.15) is 93.9 Å². The summed E-state index contributed by atoms with van der Waals surface area (Å²) in [6, 6.07) is -1.45. The number of carbonyl (C=O) groups is 2. The van der Waals surface area contributed by atoms with Crippen LogP contribution in [-0.4, -0.2) is 77.4 Å². The van der Waals surface area contributed by atoms with Crippen LogP contribution in [0.3, 0.4) is 0 Å². The summed E-state index contributed by atoms with van der Waals surface area (Å²) in [7, 11) is -3.44. The number of allylic oxidation sites excluding steroid dienone is 1. The first-order valence-corrected chi connectivity index (χ1v) is 15.6. The third-order valence-corrected chi connectivity index (χ3v) is 11.0. The summed E-state index contributed by atoms with van der Waals surface area (Å²) in [5, 5.41) is 16.2. The van der Waals surface area contributed by atoms with Crippen molar-refractivity contribution in [1.29, 1.82) is 0 Å². The fraction of sp³-hybridized carbons (Fsp3) is 0.857. The third kappa shape index (κ3) is 7.10. The van der Waals surface area contributed by atoms with Crippen LogP contribution >= 0.6 is 0 Å². The Morgan fingerprint density at radius 2 is 1.71 bits per heavy atom. The molecule has 2 saturated heterocycles. The van der Waals surface area contributed by atoms with Crippen molar-refractivity contribution in [3.63, 3.8) is 0 Å². The van der Waals surface area contributed by atoms with Gasteiger partial charge in [-0.05, 0) is 59.3 Å². The van der Waals surface area contributed by atoms with Gasteiger partial charge in [-0.25, -0.2) is 13.2 Å². The summed E-state index contributed by atoms with van der Waals surface area (Å²) >= 11 is 0. The molecule has 38 heavy (non-hydrogen) atoms. The van der Waals surface area contributed by atoms with Gasteiger partial charge in [0.05, 0.1) is 22.1 Å². The number of hydrogen-bond acceptors (Lipinski definition) is 6. The molecule has 3 N–H and O–H groups in total. The third-order valence-electron chi connectivity index (χ3n) is 8.25. The average molecular weight is 556 g/mol. The van der Waals surface area contributed by atoms with Gasteiger partial charge < -0.3 is 20.5 Å². The number of aliphatic carboxylic acids is 1. The van der Waals surface area contributed by atoms with E-state index in [-0.39, 0.29) is 35.5 Å². The number of epoxide rings is 1. The van der Waals surface area contributed by atoms with Crippen molar-refractivity contribution in [3.8, 4) is 0 Å². The second-order valence-corrected chi connectivity index (χ2v) is 16.6. The fourth-order valence-corrected chi connectivity index (χ4v) is 7.53. The van der Waals surface area contributed by atoms with Gasteiger partial charge >= 0.3 is 12.0 Å². The largest absolute Gasteiger partial charge is 0.480 e. The van der Waals surface area contributed by atoms with E-state index < -0.39 is 38.2 Å². The molecule has 3 fully saturated rings. The second kappa shape index (κ2) is 11.1. The minimum atomic E-state index is -3.44. The molecule has 2 aliphatic heterocycles. The number of nitrogens with one attached hydrogen (secondary N) is 2. The minimum absolute atomic E-state index is 0.0809. The number of sulfone groups is 1. The molecule has 0 aromatic carbocycles. The molecule has 1 saturated carbocycles. The van der Waals surface area contributed by atoms with Gasteiger partial charge in [0.2, 0.25) is 0 Å². The number of ether oxygens (including phenoxy) is 1. The second-order valence-electron chi connectivity index (χ2n) is 13.9. The predicted octanol–water partition coefficient (Wildman–Crippen LogP) is 4.08. The molecule has 0 bridgehead atoms. The number of nitrogens with zero attached hydrogens (tertiary/aromatic N) is 1. The molecule has 0 aromatic heterocycles. The molecular formula is C28H49N3O6S. The Bertz CT molecular complexity index is 1020. The molecule has 0 aromatic rings. The number of rotatable bonds is 8. The van der Waals surface area contributed by atoms with Crippen LogP contribution in [0.5, 0.6) is 0 Å². The summed E-state index contributed by atoms with van der Waals surface area (Å²) < 4.78 is 31.4. The van der Waals surface area contributed by atoms with Crippen molar-refractivity contribution in [2.75, 3.05) is 12.3 Å². The van der Waals surface area contributed by atoms with Crippen molar-refractivity contribution in [2.24, 2.45) is 11.3 Å². The molecule has 1 aliphatic carbocycles. The lowest BCUT2D eigenvalue weighted by molar-refractivity contribution is -0.143. The molecule has 2 heterocycles. The summed E-state index contributed by atoms with van der Waals surface area (Å²) in [5.74, 6) is -1.03. The zero-order valence-electron chi connectivity index (χ0n) is 24.5. The molecule has 10 heteroatoms. The lowest BCUT2D eigenvalue weighted by atomic mass is 9.82. The van der Waals surface area contributed by atoms with Crippen LogP contribution in [0.25, 0.3) is 0 Å². The van der Waals surface area contributed by atoms with Gasteiger partial charge in [-0.1, -0.05) is 51.7 Å². The maximum Gasteiger partial charge on any atom is 0.321 e. The van der Waals surface area contributed by atoms with E-state index in [4.69, 9.17) is 4.74 Å². The predicted molar refractivity (Wildman–Crippen MR) is 149 cm³/mol. The Hall–Kier alpha value is -1.65. The maximum atomic E-state index is 13.4. The number of carboxylic acids is 1. The maximum absolute atomic E-state index is 13.4. The molecule has 9 nitrogen and oxygen atoms in total.